The lowest BCUT2D eigenvalue weighted by Gasteiger charge is -2.10. The number of aliphatic carboxylic acids is 1. The lowest BCUT2D eigenvalue weighted by Crippen LogP contribution is -2.22. The molecule has 2 aromatic rings. The summed E-state index contributed by atoms with van der Waals surface area (Å²) in [6.07, 6.45) is -3.14. The van der Waals surface area contributed by atoms with Crippen molar-refractivity contribution in [1.29, 1.82) is 5.26 Å². The maximum absolute atomic E-state index is 14.6. The number of nitriles is 1. The molecule has 0 aliphatic carbocycles. The predicted molar refractivity (Wildman–Crippen MR) is 103 cm³/mol. The van der Waals surface area contributed by atoms with E-state index in [1.54, 1.807) is 36.4 Å². The summed E-state index contributed by atoms with van der Waals surface area (Å²) in [5, 5.41) is 20.6. The van der Waals surface area contributed by atoms with Crippen LogP contribution < -0.4 is 10.1 Å². The number of nitrogens with zero attached hydrogens (tertiary/aromatic N) is 2. The van der Waals surface area contributed by atoms with Gasteiger partial charge in [-0.1, -0.05) is 18.2 Å². The van der Waals surface area contributed by atoms with Gasteiger partial charge in [0, 0.05) is 0 Å². The monoisotopic (exact) mass is 407 g/mol. The third-order valence-corrected chi connectivity index (χ3v) is 4.39. The molecule has 1 aliphatic heterocycles. The van der Waals surface area contributed by atoms with Crippen molar-refractivity contribution >= 4 is 17.6 Å². The van der Waals surface area contributed by atoms with E-state index in [2.05, 4.69) is 10.2 Å². The number of ether oxygens (including phenoxy) is 2. The second-order valence-corrected chi connectivity index (χ2v) is 6.14. The van der Waals surface area contributed by atoms with Crippen molar-refractivity contribution in [3.63, 3.8) is 0 Å². The standard InChI is InChI=1S/C21H14FN3O5/c1-24-20-18(17(21(27)28)16(10-23)30-20)19(26)25-15-7-6-12(9-14(15)22)11-4-3-5-13(8-11)29-2/h3-9,16,20H,2H3,(H,25,26)(H,27,28). The highest BCUT2D eigenvalue weighted by Gasteiger charge is 2.46. The molecule has 2 aromatic carbocycles. The zero-order chi connectivity index (χ0) is 21.8. The number of carboxylic acids is 1. The molecule has 8 nitrogen and oxygen atoms in total. The van der Waals surface area contributed by atoms with Gasteiger partial charge in [0.25, 0.3) is 5.91 Å². The van der Waals surface area contributed by atoms with Gasteiger partial charge in [0.1, 0.15) is 17.1 Å². The van der Waals surface area contributed by atoms with E-state index >= 15 is 0 Å². The molecular formula is C21H14FN3O5. The van der Waals surface area contributed by atoms with Crippen LogP contribution in [-0.2, 0) is 14.3 Å². The van der Waals surface area contributed by atoms with E-state index in [1.807, 2.05) is 0 Å². The number of carboxylic acid groups (broad SMARTS) is 1. The van der Waals surface area contributed by atoms with Crippen LogP contribution in [0.3, 0.4) is 0 Å². The van der Waals surface area contributed by atoms with Crippen LogP contribution in [0.4, 0.5) is 10.1 Å². The summed E-state index contributed by atoms with van der Waals surface area (Å²) in [7, 11) is 1.51. The highest BCUT2D eigenvalue weighted by Crippen LogP contribution is 2.31. The number of hydrogen-bond acceptors (Lipinski definition) is 5. The molecule has 0 aromatic heterocycles. The Bertz CT molecular complexity index is 1150. The van der Waals surface area contributed by atoms with Crippen molar-refractivity contribution in [2.24, 2.45) is 0 Å². The third-order valence-electron chi connectivity index (χ3n) is 4.39. The van der Waals surface area contributed by atoms with Crippen LogP contribution in [0.1, 0.15) is 0 Å². The summed E-state index contributed by atoms with van der Waals surface area (Å²) in [5.41, 5.74) is -0.156. The second-order valence-electron chi connectivity index (χ2n) is 6.14. The molecule has 0 fully saturated rings. The lowest BCUT2D eigenvalue weighted by atomic mass is 10.0. The van der Waals surface area contributed by atoms with Crippen LogP contribution in [0.25, 0.3) is 16.0 Å². The molecule has 1 aliphatic rings. The van der Waals surface area contributed by atoms with Crippen LogP contribution in [0.5, 0.6) is 5.75 Å². The van der Waals surface area contributed by atoms with Crippen molar-refractivity contribution < 1.29 is 28.6 Å². The maximum Gasteiger partial charge on any atom is 0.362 e. The Morgan fingerprint density at radius 1 is 1.27 bits per heavy atom. The fourth-order valence-corrected chi connectivity index (χ4v) is 2.98. The quantitative estimate of drug-likeness (QED) is 0.737. The fourth-order valence-electron chi connectivity index (χ4n) is 2.98. The minimum absolute atomic E-state index is 0.215. The van der Waals surface area contributed by atoms with Gasteiger partial charge in [-0.15, -0.1) is 0 Å². The Labute approximate surface area is 170 Å². The SMILES string of the molecule is [C-]#[N+]C1OC(C#N)C(C(=O)O)=C1C(=O)Nc1ccc(-c2cccc(OC)c2)cc1F. The Kier molecular flexibility index (Phi) is 5.77. The highest BCUT2D eigenvalue weighted by atomic mass is 19.1. The second kappa shape index (κ2) is 8.43. The summed E-state index contributed by atoms with van der Waals surface area (Å²) < 4.78 is 24.8. The van der Waals surface area contributed by atoms with E-state index in [4.69, 9.17) is 21.3 Å². The van der Waals surface area contributed by atoms with Gasteiger partial charge in [0.15, 0.2) is 6.10 Å². The molecule has 1 heterocycles. The van der Waals surface area contributed by atoms with Crippen LogP contribution >= 0.6 is 0 Å². The van der Waals surface area contributed by atoms with Crippen molar-refractivity contribution in [2.75, 3.05) is 12.4 Å². The van der Waals surface area contributed by atoms with Gasteiger partial charge in [-0.2, -0.15) is 5.26 Å². The molecule has 1 amide bonds. The van der Waals surface area contributed by atoms with Gasteiger partial charge in [-0.05, 0) is 35.4 Å². The Hall–Kier alpha value is -4.21. The number of hydrogen-bond donors (Lipinski definition) is 2. The molecule has 2 N–H and O–H groups in total. The van der Waals surface area contributed by atoms with Crippen LogP contribution in [0, 0.1) is 23.7 Å². The topological polar surface area (TPSA) is 113 Å². The number of rotatable bonds is 5. The smallest absolute Gasteiger partial charge is 0.362 e. The number of carbonyl (C=O) groups excluding carboxylic acids is 1. The van der Waals surface area contributed by atoms with E-state index in [1.165, 1.54) is 19.2 Å². The molecule has 0 saturated heterocycles. The van der Waals surface area contributed by atoms with Gasteiger partial charge in [0.2, 0.25) is 0 Å². The minimum atomic E-state index is -1.57. The third kappa shape index (κ3) is 3.83. The van der Waals surface area contributed by atoms with E-state index < -0.39 is 41.2 Å². The molecule has 0 bridgehead atoms. The number of anilines is 1. The molecule has 0 saturated carbocycles. The predicted octanol–water partition coefficient (Wildman–Crippen LogP) is 2.99. The van der Waals surface area contributed by atoms with Crippen LogP contribution in [0.2, 0.25) is 0 Å². The van der Waals surface area contributed by atoms with Gasteiger partial charge < -0.3 is 15.2 Å². The van der Waals surface area contributed by atoms with Crippen molar-refractivity contribution in [2.45, 2.75) is 12.3 Å². The summed E-state index contributed by atoms with van der Waals surface area (Å²) in [6, 6.07) is 12.6. The fraction of sp³-hybridized carbons (Fsp3) is 0.143. The molecular weight excluding hydrogens is 393 g/mol. The largest absolute Gasteiger partial charge is 0.497 e. The summed E-state index contributed by atoms with van der Waals surface area (Å²) in [5.74, 6) is -2.76. The first-order valence-corrected chi connectivity index (χ1v) is 8.54. The number of methoxy groups -OCH3 is 1. The molecule has 0 spiro atoms. The summed E-state index contributed by atoms with van der Waals surface area (Å²) in [6.45, 7) is 7.10. The molecule has 0 radical (unpaired) electrons. The van der Waals surface area contributed by atoms with Crippen molar-refractivity contribution in [3.8, 4) is 22.9 Å². The molecule has 3 rings (SSSR count). The zero-order valence-corrected chi connectivity index (χ0v) is 15.5. The first kappa shape index (κ1) is 20.5. The van der Waals surface area contributed by atoms with Gasteiger partial charge in [-0.3, -0.25) is 14.4 Å². The number of carbonyl (C=O) groups is 2. The molecule has 2 atom stereocenters. The lowest BCUT2D eigenvalue weighted by molar-refractivity contribution is -0.133. The van der Waals surface area contributed by atoms with E-state index in [-0.39, 0.29) is 5.69 Å². The average Bonchev–Trinajstić information content (AvgIpc) is 3.14. The van der Waals surface area contributed by atoms with Crippen LogP contribution in [-0.4, -0.2) is 36.4 Å². The Morgan fingerprint density at radius 2 is 2.00 bits per heavy atom. The first-order chi connectivity index (χ1) is 14.4. The normalized spacial score (nSPS) is 17.7. The number of benzene rings is 2. The molecule has 2 unspecified atom stereocenters. The van der Waals surface area contributed by atoms with Crippen molar-refractivity contribution in [3.05, 3.63) is 70.8 Å². The van der Waals surface area contributed by atoms with E-state index in [0.29, 0.717) is 16.9 Å². The van der Waals surface area contributed by atoms with Crippen molar-refractivity contribution in [1.82, 2.24) is 0 Å². The molecule has 150 valence electrons. The number of nitrogens with one attached hydrogen (secondary N) is 1. The van der Waals surface area contributed by atoms with Gasteiger partial charge in [-0.25, -0.2) is 15.8 Å². The Balaban J connectivity index is 1.91. The van der Waals surface area contributed by atoms with Gasteiger partial charge in [0.05, 0.1) is 24.4 Å². The first-order valence-electron chi connectivity index (χ1n) is 8.54. The molecule has 9 heteroatoms. The van der Waals surface area contributed by atoms with E-state index in [9.17, 15) is 19.1 Å². The average molecular weight is 407 g/mol. The summed E-state index contributed by atoms with van der Waals surface area (Å²) in [4.78, 5) is 27.1. The Morgan fingerprint density at radius 3 is 2.60 bits per heavy atom. The number of amides is 1. The zero-order valence-electron chi connectivity index (χ0n) is 15.5. The van der Waals surface area contributed by atoms with Gasteiger partial charge >= 0.3 is 12.2 Å². The highest BCUT2D eigenvalue weighted by molar-refractivity contribution is 6.10. The van der Waals surface area contributed by atoms with Crippen LogP contribution in [0.15, 0.2) is 53.6 Å². The minimum Gasteiger partial charge on any atom is -0.497 e. The maximum atomic E-state index is 14.6. The number of halogens is 1. The molecule has 30 heavy (non-hydrogen) atoms. The van der Waals surface area contributed by atoms with E-state index in [0.717, 1.165) is 0 Å². The summed E-state index contributed by atoms with van der Waals surface area (Å²) >= 11 is 0.